The molecule has 1 saturated heterocycles. The van der Waals surface area contributed by atoms with Crippen molar-refractivity contribution in [2.45, 2.75) is 51.9 Å². The number of β-amino-alcohol motifs (C(OH)–C–C–N with tert-alkyl or cyclic N) is 1. The van der Waals surface area contributed by atoms with Crippen molar-refractivity contribution in [1.82, 2.24) is 35.0 Å². The zero-order valence-electron chi connectivity index (χ0n) is 16.9. The Balaban J connectivity index is 1.87. The summed E-state index contributed by atoms with van der Waals surface area (Å²) < 4.78 is 3.15. The number of carbonyl (C=O) groups is 2. The quantitative estimate of drug-likeness (QED) is 0.721. The zero-order valence-corrected chi connectivity index (χ0v) is 17.7. The van der Waals surface area contributed by atoms with E-state index in [4.69, 9.17) is 11.6 Å². The highest BCUT2D eigenvalue weighted by Gasteiger charge is 2.44. The number of aliphatic hydroxyl groups is 1. The molecule has 11 heteroatoms. The van der Waals surface area contributed by atoms with Gasteiger partial charge < -0.3 is 15.3 Å². The molecule has 2 amide bonds. The summed E-state index contributed by atoms with van der Waals surface area (Å²) in [4.78, 5) is 27.1. The first kappa shape index (κ1) is 21.3. The third-order valence-corrected chi connectivity index (χ3v) is 5.11. The maximum absolute atomic E-state index is 13.5. The fraction of sp³-hybridized carbons (Fsp3) is 0.611. The van der Waals surface area contributed by atoms with Crippen molar-refractivity contribution in [3.05, 3.63) is 29.3 Å². The van der Waals surface area contributed by atoms with Crippen LogP contribution in [0.1, 0.15) is 38.9 Å². The predicted molar refractivity (Wildman–Crippen MR) is 105 cm³/mol. The second-order valence-electron chi connectivity index (χ2n) is 8.32. The van der Waals surface area contributed by atoms with Gasteiger partial charge in [0.1, 0.15) is 17.8 Å². The van der Waals surface area contributed by atoms with Crippen LogP contribution in [0.25, 0.3) is 0 Å². The van der Waals surface area contributed by atoms with Gasteiger partial charge in [0.15, 0.2) is 0 Å². The number of rotatable bonds is 5. The summed E-state index contributed by atoms with van der Waals surface area (Å²) >= 11 is 5.89. The normalized spacial score (nSPS) is 20.7. The molecule has 2 aromatic heterocycles. The second kappa shape index (κ2) is 8.11. The Morgan fingerprint density at radius 2 is 2.10 bits per heavy atom. The van der Waals surface area contributed by atoms with Crippen LogP contribution in [0.2, 0.25) is 5.02 Å². The largest absolute Gasteiger partial charge is 0.391 e. The number of aromatic nitrogens is 5. The van der Waals surface area contributed by atoms with Crippen LogP contribution in [0.3, 0.4) is 0 Å². The third-order valence-electron chi connectivity index (χ3n) is 4.91. The maximum atomic E-state index is 13.5. The number of carbonyl (C=O) groups excluding carboxylic acids is 2. The summed E-state index contributed by atoms with van der Waals surface area (Å²) in [5.41, 5.74) is 0.119. The van der Waals surface area contributed by atoms with E-state index in [-0.39, 0.29) is 24.8 Å². The number of aliphatic hydroxyl groups excluding tert-OH is 1. The minimum Gasteiger partial charge on any atom is -0.391 e. The van der Waals surface area contributed by atoms with Gasteiger partial charge in [-0.15, -0.1) is 5.10 Å². The van der Waals surface area contributed by atoms with Crippen LogP contribution in [0.4, 0.5) is 0 Å². The molecule has 1 aliphatic heterocycles. The molecule has 29 heavy (non-hydrogen) atoms. The molecule has 2 unspecified atom stereocenters. The highest BCUT2D eigenvalue weighted by atomic mass is 35.5. The molecule has 3 heterocycles. The first-order chi connectivity index (χ1) is 13.6. The van der Waals surface area contributed by atoms with Gasteiger partial charge in [0.2, 0.25) is 11.8 Å². The van der Waals surface area contributed by atoms with Crippen molar-refractivity contribution in [1.29, 1.82) is 0 Å². The number of likely N-dealkylation sites (N-methyl/N-ethyl adjacent to an activating group) is 1. The fourth-order valence-electron chi connectivity index (χ4n) is 3.61. The Morgan fingerprint density at radius 3 is 2.69 bits per heavy atom. The molecule has 1 fully saturated rings. The number of likely N-dealkylation sites (tertiary alicyclic amines) is 1. The Hall–Kier alpha value is -2.46. The predicted octanol–water partition coefficient (Wildman–Crippen LogP) is 0.471. The number of hydrogen-bond acceptors (Lipinski definition) is 6. The highest BCUT2D eigenvalue weighted by molar-refractivity contribution is 6.30. The Labute approximate surface area is 173 Å². The number of nitrogens with one attached hydrogen (secondary N) is 1. The lowest BCUT2D eigenvalue weighted by molar-refractivity contribution is -0.144. The van der Waals surface area contributed by atoms with E-state index in [0.29, 0.717) is 17.3 Å². The van der Waals surface area contributed by atoms with Gasteiger partial charge in [-0.2, -0.15) is 5.10 Å². The van der Waals surface area contributed by atoms with E-state index in [0.717, 1.165) is 0 Å². The Kier molecular flexibility index (Phi) is 5.95. The first-order valence-electron chi connectivity index (χ1n) is 9.39. The van der Waals surface area contributed by atoms with Crippen LogP contribution >= 0.6 is 11.6 Å². The van der Waals surface area contributed by atoms with Crippen LogP contribution in [0, 0.1) is 5.41 Å². The molecule has 0 spiro atoms. The molecular formula is C18H26ClN7O3. The van der Waals surface area contributed by atoms with Crippen LogP contribution in [0.15, 0.2) is 18.6 Å². The average Bonchev–Trinajstić information content (AvgIpc) is 3.34. The number of halogens is 1. The van der Waals surface area contributed by atoms with E-state index in [2.05, 4.69) is 20.7 Å². The molecule has 0 aliphatic carbocycles. The van der Waals surface area contributed by atoms with Gasteiger partial charge in [0.05, 0.1) is 30.1 Å². The number of nitrogens with zero attached hydrogens (tertiary/aromatic N) is 6. The van der Waals surface area contributed by atoms with E-state index in [9.17, 15) is 14.7 Å². The minimum atomic E-state index is -0.738. The Morgan fingerprint density at radius 1 is 1.38 bits per heavy atom. The molecule has 0 aromatic carbocycles. The summed E-state index contributed by atoms with van der Waals surface area (Å²) in [7, 11) is 1.52. The van der Waals surface area contributed by atoms with E-state index >= 15 is 0 Å². The maximum Gasteiger partial charge on any atom is 0.248 e. The lowest BCUT2D eigenvalue weighted by Crippen LogP contribution is -2.49. The standard InChI is InChI=1S/C18H26ClN7O3/c1-18(2,3)15(17(29)25-10-13(27)5-14(25)16(28)20-4)26-9-12(22-23-26)8-24-7-11(19)6-21-24/h6-7,9,13-15,27H,5,8,10H2,1-4H3,(H,20,28)/t13?,14?,15-/m1/s1. The molecule has 3 atom stereocenters. The van der Waals surface area contributed by atoms with Crippen LogP contribution < -0.4 is 5.32 Å². The van der Waals surface area contributed by atoms with Gasteiger partial charge in [0, 0.05) is 26.2 Å². The van der Waals surface area contributed by atoms with Crippen molar-refractivity contribution >= 4 is 23.4 Å². The molecule has 2 aromatic rings. The molecule has 158 valence electrons. The third kappa shape index (κ3) is 4.59. The van der Waals surface area contributed by atoms with Gasteiger partial charge >= 0.3 is 0 Å². The van der Waals surface area contributed by atoms with Gasteiger partial charge in [-0.1, -0.05) is 37.6 Å². The van der Waals surface area contributed by atoms with Gasteiger partial charge in [-0.25, -0.2) is 4.68 Å². The second-order valence-corrected chi connectivity index (χ2v) is 8.76. The van der Waals surface area contributed by atoms with Gasteiger partial charge in [-0.3, -0.25) is 14.3 Å². The average molecular weight is 424 g/mol. The van der Waals surface area contributed by atoms with Gasteiger partial charge in [-0.05, 0) is 5.41 Å². The summed E-state index contributed by atoms with van der Waals surface area (Å²) in [6.07, 6.45) is 4.38. The van der Waals surface area contributed by atoms with Crippen molar-refractivity contribution in [2.24, 2.45) is 5.41 Å². The number of hydrogen-bond donors (Lipinski definition) is 2. The lowest BCUT2D eigenvalue weighted by atomic mass is 9.85. The molecule has 0 saturated carbocycles. The molecule has 1 aliphatic rings. The summed E-state index contributed by atoms with van der Waals surface area (Å²) in [6.45, 7) is 6.24. The van der Waals surface area contributed by atoms with Crippen molar-refractivity contribution in [3.63, 3.8) is 0 Å². The first-order valence-corrected chi connectivity index (χ1v) is 9.76. The van der Waals surface area contributed by atoms with E-state index in [1.807, 2.05) is 20.8 Å². The van der Waals surface area contributed by atoms with Crippen LogP contribution in [0.5, 0.6) is 0 Å². The summed E-state index contributed by atoms with van der Waals surface area (Å²) in [5.74, 6) is -0.571. The smallest absolute Gasteiger partial charge is 0.248 e. The molecule has 0 bridgehead atoms. The zero-order chi connectivity index (χ0) is 21.3. The highest BCUT2D eigenvalue weighted by Crippen LogP contribution is 2.34. The van der Waals surface area contributed by atoms with E-state index in [1.165, 1.54) is 22.8 Å². The Bertz CT molecular complexity index is 888. The van der Waals surface area contributed by atoms with E-state index < -0.39 is 23.6 Å². The van der Waals surface area contributed by atoms with Crippen molar-refractivity contribution in [3.8, 4) is 0 Å². The topological polar surface area (TPSA) is 118 Å². The summed E-state index contributed by atoms with van der Waals surface area (Å²) in [6, 6.07) is -1.40. The monoisotopic (exact) mass is 423 g/mol. The van der Waals surface area contributed by atoms with E-state index in [1.54, 1.807) is 17.1 Å². The fourth-order valence-corrected chi connectivity index (χ4v) is 3.77. The molecule has 2 N–H and O–H groups in total. The molecule has 3 rings (SSSR count). The number of amides is 2. The minimum absolute atomic E-state index is 0.108. The SMILES string of the molecule is CNC(=O)C1CC(O)CN1C(=O)[C@@H](n1cc(Cn2cc(Cl)cn2)nn1)C(C)(C)C. The lowest BCUT2D eigenvalue weighted by Gasteiger charge is -2.34. The molecular weight excluding hydrogens is 398 g/mol. The van der Waals surface area contributed by atoms with Crippen LogP contribution in [-0.2, 0) is 16.1 Å². The molecule has 10 nitrogen and oxygen atoms in total. The van der Waals surface area contributed by atoms with Crippen molar-refractivity contribution in [2.75, 3.05) is 13.6 Å². The van der Waals surface area contributed by atoms with Gasteiger partial charge in [0.25, 0.3) is 0 Å². The summed E-state index contributed by atoms with van der Waals surface area (Å²) in [5, 5.41) is 25.6. The van der Waals surface area contributed by atoms with Crippen molar-refractivity contribution < 1.29 is 14.7 Å². The molecule has 0 radical (unpaired) electrons. The van der Waals surface area contributed by atoms with Crippen LogP contribution in [-0.4, -0.2) is 72.3 Å².